The molecule has 1 aliphatic rings. The van der Waals surface area contributed by atoms with Gasteiger partial charge in [-0.15, -0.1) is 0 Å². The van der Waals surface area contributed by atoms with Gasteiger partial charge in [0.25, 0.3) is 0 Å². The molecule has 0 amide bonds. The second-order valence-corrected chi connectivity index (χ2v) is 7.99. The molecular weight excluding hydrogens is 370 g/mol. The predicted molar refractivity (Wildman–Crippen MR) is 116 cm³/mol. The van der Waals surface area contributed by atoms with Crippen molar-refractivity contribution < 1.29 is 9.47 Å². The zero-order chi connectivity index (χ0) is 19.6. The first-order chi connectivity index (χ1) is 13.7. The standard InChI is InChI=1S/C24H32ClNO2/c1-2-27-24-16-20(17-26-22-8-6-4-3-5-7-9-22)12-15-23(24)28-18-19-10-13-21(25)14-11-19/h10-16,22,26H,2-9,17-18H2,1H3. The van der Waals surface area contributed by atoms with Gasteiger partial charge in [0, 0.05) is 17.6 Å². The summed E-state index contributed by atoms with van der Waals surface area (Å²) >= 11 is 5.95. The van der Waals surface area contributed by atoms with Crippen LogP contribution in [0.4, 0.5) is 0 Å². The number of hydrogen-bond acceptors (Lipinski definition) is 3. The highest BCUT2D eigenvalue weighted by atomic mass is 35.5. The number of ether oxygens (including phenoxy) is 2. The minimum Gasteiger partial charge on any atom is -0.490 e. The van der Waals surface area contributed by atoms with Crippen molar-refractivity contribution in [2.75, 3.05) is 6.61 Å². The fourth-order valence-electron chi connectivity index (χ4n) is 3.71. The molecule has 1 aliphatic carbocycles. The summed E-state index contributed by atoms with van der Waals surface area (Å²) in [6.07, 6.45) is 9.44. The lowest BCUT2D eigenvalue weighted by Gasteiger charge is -2.21. The molecule has 0 bridgehead atoms. The second kappa shape index (κ2) is 11.3. The normalized spacial score (nSPS) is 15.6. The van der Waals surface area contributed by atoms with Gasteiger partial charge in [0.05, 0.1) is 6.61 Å². The van der Waals surface area contributed by atoms with E-state index in [1.807, 2.05) is 37.3 Å². The van der Waals surface area contributed by atoms with Gasteiger partial charge in [0.1, 0.15) is 6.61 Å². The van der Waals surface area contributed by atoms with Crippen molar-refractivity contribution in [3.05, 3.63) is 58.6 Å². The Morgan fingerprint density at radius 3 is 2.25 bits per heavy atom. The molecule has 0 aromatic heterocycles. The fourth-order valence-corrected chi connectivity index (χ4v) is 3.84. The zero-order valence-electron chi connectivity index (χ0n) is 16.9. The molecule has 2 aromatic rings. The SMILES string of the molecule is CCOc1cc(CNC2CCCCCCC2)ccc1OCc1ccc(Cl)cc1. The first-order valence-electron chi connectivity index (χ1n) is 10.6. The van der Waals surface area contributed by atoms with E-state index in [0.29, 0.717) is 19.3 Å². The highest BCUT2D eigenvalue weighted by Gasteiger charge is 2.12. The van der Waals surface area contributed by atoms with Crippen molar-refractivity contribution in [1.29, 1.82) is 0 Å². The molecule has 0 heterocycles. The molecule has 1 fully saturated rings. The van der Waals surface area contributed by atoms with Crippen LogP contribution in [0.15, 0.2) is 42.5 Å². The van der Waals surface area contributed by atoms with Crippen molar-refractivity contribution in [2.24, 2.45) is 0 Å². The Hall–Kier alpha value is -1.71. The smallest absolute Gasteiger partial charge is 0.161 e. The number of benzene rings is 2. The van der Waals surface area contributed by atoms with E-state index in [4.69, 9.17) is 21.1 Å². The number of hydrogen-bond donors (Lipinski definition) is 1. The van der Waals surface area contributed by atoms with E-state index in [0.717, 1.165) is 28.6 Å². The maximum absolute atomic E-state index is 6.01. The van der Waals surface area contributed by atoms with Gasteiger partial charge in [-0.05, 0) is 55.2 Å². The van der Waals surface area contributed by atoms with Gasteiger partial charge < -0.3 is 14.8 Å². The van der Waals surface area contributed by atoms with Gasteiger partial charge in [-0.1, -0.05) is 61.9 Å². The molecule has 0 unspecified atom stereocenters. The summed E-state index contributed by atoms with van der Waals surface area (Å²) in [5, 5.41) is 4.48. The van der Waals surface area contributed by atoms with Gasteiger partial charge in [-0.25, -0.2) is 0 Å². The molecule has 4 heteroatoms. The van der Waals surface area contributed by atoms with Crippen molar-refractivity contribution >= 4 is 11.6 Å². The Balaban J connectivity index is 1.58. The summed E-state index contributed by atoms with van der Waals surface area (Å²) < 4.78 is 11.8. The molecule has 0 radical (unpaired) electrons. The molecule has 28 heavy (non-hydrogen) atoms. The molecule has 1 N–H and O–H groups in total. The molecule has 2 aromatic carbocycles. The molecule has 152 valence electrons. The molecule has 0 aliphatic heterocycles. The van der Waals surface area contributed by atoms with Crippen LogP contribution in [0.1, 0.15) is 63.0 Å². The van der Waals surface area contributed by atoms with Crippen molar-refractivity contribution in [3.63, 3.8) is 0 Å². The van der Waals surface area contributed by atoms with Crippen LogP contribution in [0.2, 0.25) is 5.02 Å². The maximum Gasteiger partial charge on any atom is 0.161 e. The van der Waals surface area contributed by atoms with Crippen LogP contribution in [-0.2, 0) is 13.2 Å². The van der Waals surface area contributed by atoms with Crippen LogP contribution < -0.4 is 14.8 Å². The fraction of sp³-hybridized carbons (Fsp3) is 0.500. The van der Waals surface area contributed by atoms with Crippen LogP contribution in [0, 0.1) is 0 Å². The van der Waals surface area contributed by atoms with Crippen LogP contribution >= 0.6 is 11.6 Å². The molecule has 0 saturated heterocycles. The third kappa shape index (κ3) is 6.72. The molecule has 1 saturated carbocycles. The van der Waals surface area contributed by atoms with Gasteiger partial charge in [-0.2, -0.15) is 0 Å². The lowest BCUT2D eigenvalue weighted by molar-refractivity contribution is 0.269. The average molecular weight is 402 g/mol. The van der Waals surface area contributed by atoms with Gasteiger partial charge in [-0.3, -0.25) is 0 Å². The van der Waals surface area contributed by atoms with E-state index in [1.54, 1.807) is 0 Å². The minimum absolute atomic E-state index is 0.497. The third-order valence-corrected chi connectivity index (χ3v) is 5.57. The highest BCUT2D eigenvalue weighted by Crippen LogP contribution is 2.29. The lowest BCUT2D eigenvalue weighted by atomic mass is 9.96. The molecule has 0 atom stereocenters. The number of rotatable bonds is 8. The topological polar surface area (TPSA) is 30.5 Å². The number of halogens is 1. The largest absolute Gasteiger partial charge is 0.490 e. The summed E-state index contributed by atoms with van der Waals surface area (Å²) in [6.45, 7) is 4.00. The highest BCUT2D eigenvalue weighted by molar-refractivity contribution is 6.30. The monoisotopic (exact) mass is 401 g/mol. The lowest BCUT2D eigenvalue weighted by Crippen LogP contribution is -2.29. The summed E-state index contributed by atoms with van der Waals surface area (Å²) in [7, 11) is 0. The summed E-state index contributed by atoms with van der Waals surface area (Å²) in [6, 6.07) is 14.6. The first-order valence-corrected chi connectivity index (χ1v) is 11.0. The maximum atomic E-state index is 6.01. The Morgan fingerprint density at radius 2 is 1.54 bits per heavy atom. The Morgan fingerprint density at radius 1 is 0.857 bits per heavy atom. The van der Waals surface area contributed by atoms with E-state index in [-0.39, 0.29) is 0 Å². The van der Waals surface area contributed by atoms with Crippen molar-refractivity contribution in [2.45, 2.75) is 71.1 Å². The van der Waals surface area contributed by atoms with Gasteiger partial charge in [0.2, 0.25) is 0 Å². The summed E-state index contributed by atoms with van der Waals surface area (Å²) in [5.74, 6) is 1.60. The molecular formula is C24H32ClNO2. The van der Waals surface area contributed by atoms with E-state index in [9.17, 15) is 0 Å². The predicted octanol–water partition coefficient (Wildman–Crippen LogP) is 6.52. The Bertz CT molecular complexity index is 709. The summed E-state index contributed by atoms with van der Waals surface area (Å²) in [4.78, 5) is 0. The number of nitrogens with one attached hydrogen (secondary N) is 1. The minimum atomic E-state index is 0.497. The third-order valence-electron chi connectivity index (χ3n) is 5.32. The quantitative estimate of drug-likeness (QED) is 0.546. The van der Waals surface area contributed by atoms with Crippen molar-refractivity contribution in [3.8, 4) is 11.5 Å². The van der Waals surface area contributed by atoms with E-state index < -0.39 is 0 Å². The average Bonchev–Trinajstić information content (AvgIpc) is 2.68. The molecule has 3 rings (SSSR count). The van der Waals surface area contributed by atoms with Crippen LogP contribution in [-0.4, -0.2) is 12.6 Å². The molecule has 3 nitrogen and oxygen atoms in total. The zero-order valence-corrected chi connectivity index (χ0v) is 17.6. The second-order valence-electron chi connectivity index (χ2n) is 7.55. The molecule has 0 spiro atoms. The van der Waals surface area contributed by atoms with E-state index in [1.165, 1.54) is 50.5 Å². The first kappa shape index (κ1) is 21.0. The van der Waals surface area contributed by atoms with Gasteiger partial charge in [0.15, 0.2) is 11.5 Å². The Labute approximate surface area is 174 Å². The van der Waals surface area contributed by atoms with E-state index >= 15 is 0 Å². The van der Waals surface area contributed by atoms with Crippen LogP contribution in [0.25, 0.3) is 0 Å². The van der Waals surface area contributed by atoms with E-state index in [2.05, 4.69) is 17.4 Å². The van der Waals surface area contributed by atoms with Gasteiger partial charge >= 0.3 is 0 Å². The van der Waals surface area contributed by atoms with Crippen molar-refractivity contribution in [1.82, 2.24) is 5.32 Å². The Kier molecular flexibility index (Phi) is 8.50. The summed E-state index contributed by atoms with van der Waals surface area (Å²) in [5.41, 5.74) is 2.33. The van der Waals surface area contributed by atoms with Crippen LogP contribution in [0.5, 0.6) is 11.5 Å². The van der Waals surface area contributed by atoms with Crippen LogP contribution in [0.3, 0.4) is 0 Å².